The van der Waals surface area contributed by atoms with Gasteiger partial charge in [-0.2, -0.15) is 4.31 Å². The number of nitrogens with zero attached hydrogens (tertiary/aromatic N) is 1. The molecule has 0 bridgehead atoms. The minimum absolute atomic E-state index is 0.177. The molecule has 0 aromatic heterocycles. The lowest BCUT2D eigenvalue weighted by atomic mass is 10.0. The molecule has 0 saturated heterocycles. The number of rotatable bonds is 5. The van der Waals surface area contributed by atoms with Gasteiger partial charge in [0.05, 0.1) is 11.5 Å². The maximum absolute atomic E-state index is 12.5. The number of hydrogen-bond donors (Lipinski definition) is 1. The van der Waals surface area contributed by atoms with E-state index in [0.717, 1.165) is 0 Å². The van der Waals surface area contributed by atoms with Crippen LogP contribution in [-0.4, -0.2) is 30.4 Å². The van der Waals surface area contributed by atoms with Gasteiger partial charge in [0.2, 0.25) is 10.0 Å². The highest BCUT2D eigenvalue weighted by Crippen LogP contribution is 2.27. The third-order valence-electron chi connectivity index (χ3n) is 3.50. The minimum Gasteiger partial charge on any atom is -0.392 e. The molecule has 0 atom stereocenters. The molecule has 18 heavy (non-hydrogen) atoms. The van der Waals surface area contributed by atoms with Crippen LogP contribution in [0.5, 0.6) is 0 Å². The third-order valence-corrected chi connectivity index (χ3v) is 5.67. The van der Waals surface area contributed by atoms with Crippen molar-refractivity contribution in [2.45, 2.75) is 44.2 Å². The van der Waals surface area contributed by atoms with Gasteiger partial charge in [0.15, 0.2) is 0 Å². The molecule has 0 spiro atoms. The molecule has 0 unspecified atom stereocenters. The molecule has 0 amide bonds. The minimum atomic E-state index is -3.58. The van der Waals surface area contributed by atoms with Gasteiger partial charge in [-0.25, -0.2) is 8.42 Å². The highest BCUT2D eigenvalue weighted by Gasteiger charge is 2.33. The first kappa shape index (κ1) is 15.1. The van der Waals surface area contributed by atoms with Crippen molar-refractivity contribution in [1.29, 1.82) is 0 Å². The summed E-state index contributed by atoms with van der Waals surface area (Å²) in [5.41, 5.74) is -0.0299. The molecule has 102 valence electrons. The summed E-state index contributed by atoms with van der Waals surface area (Å²) in [6.07, 6.45) is 0.712. The number of aliphatic hydroxyl groups is 1. The number of sulfonamides is 1. The molecule has 0 radical (unpaired) electrons. The number of hydrogen-bond acceptors (Lipinski definition) is 3. The van der Waals surface area contributed by atoms with E-state index < -0.39 is 15.6 Å². The lowest BCUT2D eigenvalue weighted by Gasteiger charge is -2.34. The zero-order chi connectivity index (χ0) is 14.0. The van der Waals surface area contributed by atoms with E-state index in [4.69, 9.17) is 0 Å². The smallest absolute Gasteiger partial charge is 0.243 e. The Labute approximate surface area is 109 Å². The van der Waals surface area contributed by atoms with Crippen molar-refractivity contribution >= 4 is 10.0 Å². The van der Waals surface area contributed by atoms with Crippen LogP contribution in [0.3, 0.4) is 0 Å². The van der Waals surface area contributed by atoms with Crippen LogP contribution in [-0.2, 0) is 16.6 Å². The fourth-order valence-corrected chi connectivity index (χ4v) is 3.37. The standard InChI is InChI=1S/C13H21NO3S/c1-5-13(2,3)14(4)18(16,17)12-9-7-6-8-11(12)10-15/h6-9,15H,5,10H2,1-4H3. The Morgan fingerprint density at radius 2 is 1.83 bits per heavy atom. The van der Waals surface area contributed by atoms with Crippen LogP contribution < -0.4 is 0 Å². The normalized spacial score (nSPS) is 13.0. The zero-order valence-corrected chi connectivity index (χ0v) is 12.2. The van der Waals surface area contributed by atoms with E-state index in [1.807, 2.05) is 20.8 Å². The molecular formula is C13H21NO3S. The van der Waals surface area contributed by atoms with Gasteiger partial charge >= 0.3 is 0 Å². The van der Waals surface area contributed by atoms with Crippen LogP contribution >= 0.6 is 0 Å². The van der Waals surface area contributed by atoms with Crippen molar-refractivity contribution in [2.24, 2.45) is 0 Å². The summed E-state index contributed by atoms with van der Waals surface area (Å²) < 4.78 is 26.4. The number of aliphatic hydroxyl groups excluding tert-OH is 1. The van der Waals surface area contributed by atoms with Crippen molar-refractivity contribution in [3.05, 3.63) is 29.8 Å². The van der Waals surface area contributed by atoms with Gasteiger partial charge in [-0.3, -0.25) is 0 Å². The van der Waals surface area contributed by atoms with E-state index in [2.05, 4.69) is 0 Å². The largest absolute Gasteiger partial charge is 0.392 e. The van der Waals surface area contributed by atoms with E-state index in [9.17, 15) is 13.5 Å². The van der Waals surface area contributed by atoms with E-state index in [1.54, 1.807) is 25.2 Å². The first-order chi connectivity index (χ1) is 8.27. The Morgan fingerprint density at radius 1 is 1.28 bits per heavy atom. The summed E-state index contributed by atoms with van der Waals surface area (Å²) in [6, 6.07) is 6.54. The number of benzene rings is 1. The molecule has 1 aromatic rings. The first-order valence-corrected chi connectivity index (χ1v) is 7.39. The second-order valence-electron chi connectivity index (χ2n) is 4.90. The quantitative estimate of drug-likeness (QED) is 0.891. The predicted molar refractivity (Wildman–Crippen MR) is 71.7 cm³/mol. The van der Waals surface area contributed by atoms with Crippen molar-refractivity contribution in [2.75, 3.05) is 7.05 Å². The summed E-state index contributed by atoms with van der Waals surface area (Å²) >= 11 is 0. The molecule has 5 heteroatoms. The molecule has 0 aliphatic heterocycles. The van der Waals surface area contributed by atoms with Crippen molar-refractivity contribution < 1.29 is 13.5 Å². The van der Waals surface area contributed by atoms with E-state index in [1.165, 1.54) is 10.4 Å². The average Bonchev–Trinajstić information content (AvgIpc) is 2.37. The first-order valence-electron chi connectivity index (χ1n) is 5.95. The maximum Gasteiger partial charge on any atom is 0.243 e. The summed E-state index contributed by atoms with van der Waals surface area (Å²) in [7, 11) is -2.00. The van der Waals surface area contributed by atoms with Crippen molar-refractivity contribution in [3.63, 3.8) is 0 Å². The zero-order valence-electron chi connectivity index (χ0n) is 11.3. The highest BCUT2D eigenvalue weighted by atomic mass is 32.2. The highest BCUT2D eigenvalue weighted by molar-refractivity contribution is 7.89. The Bertz CT molecular complexity index is 509. The molecule has 0 aliphatic rings. The molecule has 1 rings (SSSR count). The topological polar surface area (TPSA) is 57.6 Å². The average molecular weight is 271 g/mol. The Hall–Kier alpha value is -0.910. The Balaban J connectivity index is 3.30. The molecule has 4 nitrogen and oxygen atoms in total. The predicted octanol–water partition coefficient (Wildman–Crippen LogP) is 1.99. The van der Waals surface area contributed by atoms with Gasteiger partial charge in [-0.15, -0.1) is 0 Å². The summed E-state index contributed by atoms with van der Waals surface area (Å²) in [4.78, 5) is 0.177. The molecule has 0 saturated carbocycles. The maximum atomic E-state index is 12.5. The fraction of sp³-hybridized carbons (Fsp3) is 0.538. The third kappa shape index (κ3) is 2.74. The van der Waals surface area contributed by atoms with Crippen LogP contribution in [0.15, 0.2) is 29.2 Å². The molecule has 0 aliphatic carbocycles. The molecule has 1 N–H and O–H groups in total. The van der Waals surface area contributed by atoms with Gasteiger partial charge < -0.3 is 5.11 Å². The van der Waals surface area contributed by atoms with Crippen LogP contribution in [0, 0.1) is 0 Å². The van der Waals surface area contributed by atoms with E-state index in [-0.39, 0.29) is 11.5 Å². The molecular weight excluding hydrogens is 250 g/mol. The van der Waals surface area contributed by atoms with Crippen LogP contribution in [0.25, 0.3) is 0 Å². The van der Waals surface area contributed by atoms with Gasteiger partial charge in [-0.05, 0) is 31.9 Å². The van der Waals surface area contributed by atoms with Crippen molar-refractivity contribution in [1.82, 2.24) is 4.31 Å². The van der Waals surface area contributed by atoms with E-state index >= 15 is 0 Å². The molecule has 0 heterocycles. The van der Waals surface area contributed by atoms with Crippen LogP contribution in [0.2, 0.25) is 0 Å². The fourth-order valence-electron chi connectivity index (χ4n) is 1.58. The van der Waals surface area contributed by atoms with Crippen LogP contribution in [0.4, 0.5) is 0 Å². The van der Waals surface area contributed by atoms with Gasteiger partial charge in [-0.1, -0.05) is 25.1 Å². The van der Waals surface area contributed by atoms with Crippen LogP contribution in [0.1, 0.15) is 32.8 Å². The van der Waals surface area contributed by atoms with Crippen molar-refractivity contribution in [3.8, 4) is 0 Å². The SMILES string of the molecule is CCC(C)(C)N(C)S(=O)(=O)c1ccccc1CO. The Kier molecular flexibility index (Phi) is 4.53. The lowest BCUT2D eigenvalue weighted by Crippen LogP contribution is -2.44. The second kappa shape index (κ2) is 5.38. The summed E-state index contributed by atoms with van der Waals surface area (Å²) in [5, 5.41) is 9.24. The lowest BCUT2D eigenvalue weighted by molar-refractivity contribution is 0.254. The van der Waals surface area contributed by atoms with Gasteiger partial charge in [0, 0.05) is 12.6 Å². The Morgan fingerprint density at radius 3 is 2.33 bits per heavy atom. The summed E-state index contributed by atoms with van der Waals surface area (Å²) in [6.45, 7) is 5.43. The van der Waals surface area contributed by atoms with Gasteiger partial charge in [0.1, 0.15) is 0 Å². The monoisotopic (exact) mass is 271 g/mol. The van der Waals surface area contributed by atoms with E-state index in [0.29, 0.717) is 12.0 Å². The molecule has 1 aromatic carbocycles. The second-order valence-corrected chi connectivity index (χ2v) is 6.84. The van der Waals surface area contributed by atoms with Gasteiger partial charge in [0.25, 0.3) is 0 Å². The summed E-state index contributed by atoms with van der Waals surface area (Å²) in [5.74, 6) is 0. The molecule has 0 fully saturated rings.